The Morgan fingerprint density at radius 1 is 1.00 bits per heavy atom. The molecule has 0 atom stereocenters. The minimum absolute atomic E-state index is 0.114. The topological polar surface area (TPSA) is 78.0 Å². The van der Waals surface area contributed by atoms with Gasteiger partial charge in [0.2, 0.25) is 5.91 Å². The van der Waals surface area contributed by atoms with Gasteiger partial charge in [-0.15, -0.1) is 11.3 Å². The first kappa shape index (κ1) is 17.8. The van der Waals surface area contributed by atoms with Crippen LogP contribution in [0, 0.1) is 0 Å². The van der Waals surface area contributed by atoms with E-state index in [9.17, 15) is 19.2 Å². The zero-order valence-electron chi connectivity index (χ0n) is 14.1. The lowest BCUT2D eigenvalue weighted by molar-refractivity contribution is -0.143. The summed E-state index contributed by atoms with van der Waals surface area (Å²) in [5, 5.41) is 1.90. The van der Waals surface area contributed by atoms with Gasteiger partial charge in [0.1, 0.15) is 6.54 Å². The van der Waals surface area contributed by atoms with E-state index in [0.717, 1.165) is 9.78 Å². The molecule has 0 N–H and O–H groups in total. The summed E-state index contributed by atoms with van der Waals surface area (Å²) in [6.45, 7) is -0.354. The van der Waals surface area contributed by atoms with Crippen LogP contribution in [0.5, 0.6) is 0 Å². The van der Waals surface area contributed by atoms with Crippen molar-refractivity contribution < 1.29 is 19.2 Å². The van der Waals surface area contributed by atoms with E-state index in [1.807, 2.05) is 23.6 Å². The van der Waals surface area contributed by atoms with E-state index in [0.29, 0.717) is 17.0 Å². The van der Waals surface area contributed by atoms with Gasteiger partial charge in [-0.05, 0) is 23.6 Å². The number of amides is 5. The third-order valence-corrected chi connectivity index (χ3v) is 5.04. The van der Waals surface area contributed by atoms with Crippen LogP contribution in [0.4, 0.5) is 10.5 Å². The van der Waals surface area contributed by atoms with Gasteiger partial charge in [-0.3, -0.25) is 19.3 Å². The Bertz CT molecular complexity index is 835. The lowest BCUT2D eigenvalue weighted by Gasteiger charge is -2.20. The number of hydrogen-bond acceptors (Lipinski definition) is 5. The van der Waals surface area contributed by atoms with Gasteiger partial charge >= 0.3 is 17.8 Å². The molecule has 134 valence electrons. The Kier molecular flexibility index (Phi) is 5.13. The van der Waals surface area contributed by atoms with Gasteiger partial charge < -0.3 is 4.90 Å². The van der Waals surface area contributed by atoms with Crippen molar-refractivity contribution in [3.05, 3.63) is 52.7 Å². The largest absolute Gasteiger partial charge is 0.334 e. The predicted molar refractivity (Wildman–Crippen MR) is 96.7 cm³/mol. The second-order valence-corrected chi connectivity index (χ2v) is 6.78. The number of urea groups is 1. The second kappa shape index (κ2) is 7.49. The molecule has 1 aliphatic heterocycles. The number of rotatable bonds is 6. The van der Waals surface area contributed by atoms with Gasteiger partial charge in [-0.2, -0.15) is 0 Å². The quantitative estimate of drug-likeness (QED) is 0.572. The van der Waals surface area contributed by atoms with Gasteiger partial charge in [0, 0.05) is 30.6 Å². The van der Waals surface area contributed by atoms with Gasteiger partial charge in [0.15, 0.2) is 0 Å². The first-order valence-electron chi connectivity index (χ1n) is 8.00. The van der Waals surface area contributed by atoms with Gasteiger partial charge in [-0.1, -0.05) is 24.3 Å². The first-order chi connectivity index (χ1) is 12.5. The maximum atomic E-state index is 12.4. The standard InChI is InChI=1S/C18H17N3O4S/c1-19(13-6-3-2-4-7-13)15(22)12-21-17(24)16(23)20(18(21)25)10-9-14-8-5-11-26-14/h2-8,11H,9-10,12H2,1H3. The number of imide groups is 2. The fourth-order valence-electron chi connectivity index (χ4n) is 2.60. The van der Waals surface area contributed by atoms with E-state index in [1.165, 1.54) is 16.2 Å². The number of para-hydroxylation sites is 1. The first-order valence-corrected chi connectivity index (χ1v) is 8.88. The molecule has 2 heterocycles. The number of thiophene rings is 1. The molecule has 7 nitrogen and oxygen atoms in total. The van der Waals surface area contributed by atoms with Crippen LogP contribution in [0.1, 0.15) is 4.88 Å². The summed E-state index contributed by atoms with van der Waals surface area (Å²) in [5.41, 5.74) is 0.637. The molecule has 0 bridgehead atoms. The highest BCUT2D eigenvalue weighted by molar-refractivity contribution is 7.09. The highest BCUT2D eigenvalue weighted by Gasteiger charge is 2.45. The van der Waals surface area contributed by atoms with Crippen molar-refractivity contribution in [1.82, 2.24) is 9.80 Å². The predicted octanol–water partition coefficient (Wildman–Crippen LogP) is 1.74. The summed E-state index contributed by atoms with van der Waals surface area (Å²) in [4.78, 5) is 53.0. The SMILES string of the molecule is CN(C(=O)CN1C(=O)C(=O)N(CCc2cccs2)C1=O)c1ccccc1. The summed E-state index contributed by atoms with van der Waals surface area (Å²) in [6.07, 6.45) is 0.480. The van der Waals surface area contributed by atoms with Crippen molar-refractivity contribution in [1.29, 1.82) is 0 Å². The third-order valence-electron chi connectivity index (χ3n) is 4.11. The smallest absolute Gasteiger partial charge is 0.314 e. The summed E-state index contributed by atoms with van der Waals surface area (Å²) in [7, 11) is 1.55. The number of carbonyl (C=O) groups is 4. The van der Waals surface area contributed by atoms with Crippen LogP contribution in [0.3, 0.4) is 0 Å². The van der Waals surface area contributed by atoms with Crippen LogP contribution >= 0.6 is 11.3 Å². The summed E-state index contributed by atoms with van der Waals surface area (Å²) in [6, 6.07) is 11.9. The second-order valence-electron chi connectivity index (χ2n) is 5.75. The Morgan fingerprint density at radius 2 is 1.69 bits per heavy atom. The molecular formula is C18H17N3O4S. The number of benzene rings is 1. The molecule has 2 aromatic rings. The highest BCUT2D eigenvalue weighted by Crippen LogP contribution is 2.17. The Balaban J connectivity index is 1.66. The van der Waals surface area contributed by atoms with Crippen molar-refractivity contribution >= 4 is 40.8 Å². The minimum Gasteiger partial charge on any atom is -0.314 e. The third kappa shape index (κ3) is 3.50. The summed E-state index contributed by atoms with van der Waals surface area (Å²) < 4.78 is 0. The summed E-state index contributed by atoms with van der Waals surface area (Å²) >= 11 is 1.51. The monoisotopic (exact) mass is 371 g/mol. The Hall–Kier alpha value is -3.00. The molecule has 5 amide bonds. The van der Waals surface area contributed by atoms with Gasteiger partial charge in [-0.25, -0.2) is 9.69 Å². The van der Waals surface area contributed by atoms with Crippen LogP contribution in [-0.4, -0.2) is 53.7 Å². The van der Waals surface area contributed by atoms with Gasteiger partial charge in [0.05, 0.1) is 0 Å². The molecule has 3 rings (SSSR count). The number of anilines is 1. The van der Waals surface area contributed by atoms with E-state index >= 15 is 0 Å². The molecule has 0 unspecified atom stereocenters. The van der Waals surface area contributed by atoms with Crippen molar-refractivity contribution in [3.63, 3.8) is 0 Å². The van der Waals surface area contributed by atoms with Crippen LogP contribution < -0.4 is 4.90 Å². The van der Waals surface area contributed by atoms with Crippen LogP contribution in [0.25, 0.3) is 0 Å². The molecular weight excluding hydrogens is 354 g/mol. The molecule has 0 spiro atoms. The minimum atomic E-state index is -0.962. The normalized spacial score (nSPS) is 14.3. The molecule has 1 fully saturated rings. The average molecular weight is 371 g/mol. The zero-order valence-corrected chi connectivity index (χ0v) is 14.9. The maximum Gasteiger partial charge on any atom is 0.334 e. The molecule has 1 saturated heterocycles. The van der Waals surface area contributed by atoms with Crippen molar-refractivity contribution in [3.8, 4) is 0 Å². The molecule has 0 radical (unpaired) electrons. The number of carbonyl (C=O) groups excluding carboxylic acids is 4. The van der Waals surface area contributed by atoms with Crippen molar-refractivity contribution in [2.24, 2.45) is 0 Å². The van der Waals surface area contributed by atoms with Crippen molar-refractivity contribution in [2.45, 2.75) is 6.42 Å². The highest BCUT2D eigenvalue weighted by atomic mass is 32.1. The number of nitrogens with zero attached hydrogens (tertiary/aromatic N) is 3. The number of likely N-dealkylation sites (N-methyl/N-ethyl adjacent to an activating group) is 1. The van der Waals surface area contributed by atoms with E-state index in [2.05, 4.69) is 0 Å². The molecule has 1 aromatic carbocycles. The van der Waals surface area contributed by atoms with Gasteiger partial charge in [0.25, 0.3) is 0 Å². The lowest BCUT2D eigenvalue weighted by Crippen LogP contribution is -2.42. The van der Waals surface area contributed by atoms with Crippen LogP contribution in [0.2, 0.25) is 0 Å². The van der Waals surface area contributed by atoms with E-state index in [1.54, 1.807) is 31.3 Å². The molecule has 26 heavy (non-hydrogen) atoms. The Labute approximate surface area is 154 Å². The number of hydrogen-bond donors (Lipinski definition) is 0. The van der Waals surface area contributed by atoms with E-state index < -0.39 is 30.3 Å². The summed E-state index contributed by atoms with van der Waals surface area (Å²) in [5.74, 6) is -2.30. The van der Waals surface area contributed by atoms with E-state index in [-0.39, 0.29) is 6.54 Å². The zero-order chi connectivity index (χ0) is 18.7. The van der Waals surface area contributed by atoms with E-state index in [4.69, 9.17) is 0 Å². The fourth-order valence-corrected chi connectivity index (χ4v) is 3.30. The molecule has 8 heteroatoms. The lowest BCUT2D eigenvalue weighted by atomic mass is 10.3. The van der Waals surface area contributed by atoms with Crippen LogP contribution in [0.15, 0.2) is 47.8 Å². The fraction of sp³-hybridized carbons (Fsp3) is 0.222. The van der Waals surface area contributed by atoms with Crippen LogP contribution in [-0.2, 0) is 20.8 Å². The van der Waals surface area contributed by atoms with Crippen molar-refractivity contribution in [2.75, 3.05) is 25.0 Å². The molecule has 0 aliphatic carbocycles. The maximum absolute atomic E-state index is 12.4. The average Bonchev–Trinajstić information content (AvgIpc) is 3.24. The molecule has 0 saturated carbocycles. The molecule has 1 aliphatic rings. The Morgan fingerprint density at radius 3 is 2.35 bits per heavy atom. The molecule has 1 aromatic heterocycles.